The Morgan fingerprint density at radius 3 is 2.83 bits per heavy atom. The Hall–Kier alpha value is -1.47. The molecule has 2 rings (SSSR count). The quantitative estimate of drug-likeness (QED) is 0.587. The summed E-state index contributed by atoms with van der Waals surface area (Å²) in [6, 6.07) is 7.21. The van der Waals surface area contributed by atoms with Gasteiger partial charge >= 0.3 is 0 Å². The minimum absolute atomic E-state index is 0.0902. The van der Waals surface area contributed by atoms with Gasteiger partial charge in [-0.2, -0.15) is 0 Å². The van der Waals surface area contributed by atoms with E-state index in [2.05, 4.69) is 15.6 Å². The zero-order valence-corrected chi connectivity index (χ0v) is 15.5. The molecule has 134 valence electrons. The molecule has 8 heteroatoms. The Kier molecular flexibility index (Phi) is 6.74. The summed E-state index contributed by atoms with van der Waals surface area (Å²) in [7, 11) is -2.92. The summed E-state index contributed by atoms with van der Waals surface area (Å²) < 4.78 is 28.9. The van der Waals surface area contributed by atoms with Gasteiger partial charge in [-0.15, -0.1) is 0 Å². The normalized spacial score (nSPS) is 21.3. The molecule has 0 spiro atoms. The standard InChI is InChI=1S/C16H24ClN3O3S/c1-3-18-16(20-13-8-9-24(21,22)11-13)19-10-12(2)23-15-7-5-4-6-14(15)17/h4-7,12-13H,3,8-11H2,1-2H3,(H2,18,19,20). The fraction of sp³-hybridized carbons (Fsp3) is 0.562. The van der Waals surface area contributed by atoms with Crippen molar-refractivity contribution in [2.24, 2.45) is 4.99 Å². The van der Waals surface area contributed by atoms with Crippen molar-refractivity contribution < 1.29 is 13.2 Å². The van der Waals surface area contributed by atoms with E-state index in [4.69, 9.17) is 16.3 Å². The molecule has 0 aromatic heterocycles. The maximum absolute atomic E-state index is 11.5. The van der Waals surface area contributed by atoms with E-state index in [1.807, 2.05) is 32.0 Å². The second-order valence-electron chi connectivity index (χ2n) is 5.82. The molecule has 0 radical (unpaired) electrons. The maximum Gasteiger partial charge on any atom is 0.191 e. The summed E-state index contributed by atoms with van der Waals surface area (Å²) in [5.41, 5.74) is 0. The van der Waals surface area contributed by atoms with E-state index in [0.717, 1.165) is 0 Å². The molecular weight excluding hydrogens is 350 g/mol. The molecule has 1 aliphatic heterocycles. The van der Waals surface area contributed by atoms with Crippen LogP contribution >= 0.6 is 11.6 Å². The predicted molar refractivity (Wildman–Crippen MR) is 97.7 cm³/mol. The van der Waals surface area contributed by atoms with Gasteiger partial charge in [-0.1, -0.05) is 23.7 Å². The van der Waals surface area contributed by atoms with E-state index in [1.54, 1.807) is 6.07 Å². The highest BCUT2D eigenvalue weighted by Crippen LogP contribution is 2.24. The topological polar surface area (TPSA) is 79.8 Å². The van der Waals surface area contributed by atoms with E-state index in [9.17, 15) is 8.42 Å². The number of hydrogen-bond acceptors (Lipinski definition) is 4. The van der Waals surface area contributed by atoms with Gasteiger partial charge in [-0.25, -0.2) is 13.4 Å². The summed E-state index contributed by atoms with van der Waals surface area (Å²) in [5, 5.41) is 6.88. The lowest BCUT2D eigenvalue weighted by Gasteiger charge is -2.18. The number of benzene rings is 1. The summed E-state index contributed by atoms with van der Waals surface area (Å²) in [5.74, 6) is 1.62. The lowest BCUT2D eigenvalue weighted by atomic mass is 10.3. The third-order valence-corrected chi connectivity index (χ3v) is 5.67. The Morgan fingerprint density at radius 2 is 2.21 bits per heavy atom. The molecule has 2 atom stereocenters. The van der Waals surface area contributed by atoms with E-state index in [1.165, 1.54) is 0 Å². The molecule has 2 N–H and O–H groups in total. The van der Waals surface area contributed by atoms with E-state index in [0.29, 0.717) is 36.2 Å². The molecule has 1 fully saturated rings. The van der Waals surface area contributed by atoms with Crippen LogP contribution in [0.3, 0.4) is 0 Å². The minimum Gasteiger partial charge on any atom is -0.487 e. The second kappa shape index (κ2) is 8.58. The molecular formula is C16H24ClN3O3S. The van der Waals surface area contributed by atoms with Gasteiger partial charge in [0.2, 0.25) is 0 Å². The van der Waals surface area contributed by atoms with Gasteiger partial charge in [-0.3, -0.25) is 0 Å². The first kappa shape index (κ1) is 18.9. The Morgan fingerprint density at radius 1 is 1.46 bits per heavy atom. The Bertz CT molecular complexity index is 679. The van der Waals surface area contributed by atoms with Crippen molar-refractivity contribution in [2.75, 3.05) is 24.6 Å². The van der Waals surface area contributed by atoms with Gasteiger partial charge in [0.25, 0.3) is 0 Å². The largest absolute Gasteiger partial charge is 0.487 e. The van der Waals surface area contributed by atoms with Crippen molar-refractivity contribution in [3.8, 4) is 5.75 Å². The van der Waals surface area contributed by atoms with Crippen molar-refractivity contribution in [3.63, 3.8) is 0 Å². The number of para-hydroxylation sites is 1. The summed E-state index contributed by atoms with van der Waals surface area (Å²) >= 11 is 6.08. The Labute approximate surface area is 148 Å². The van der Waals surface area contributed by atoms with Crippen LogP contribution in [-0.2, 0) is 9.84 Å². The highest BCUT2D eigenvalue weighted by atomic mass is 35.5. The van der Waals surface area contributed by atoms with Gasteiger partial charge < -0.3 is 15.4 Å². The van der Waals surface area contributed by atoms with E-state index < -0.39 is 9.84 Å². The number of hydrogen-bond donors (Lipinski definition) is 2. The average Bonchev–Trinajstić information content (AvgIpc) is 2.86. The number of guanidine groups is 1. The number of halogens is 1. The van der Waals surface area contributed by atoms with Crippen molar-refractivity contribution in [2.45, 2.75) is 32.4 Å². The molecule has 1 aromatic rings. The van der Waals surface area contributed by atoms with Crippen LogP contribution in [0.2, 0.25) is 5.02 Å². The minimum atomic E-state index is -2.92. The Balaban J connectivity index is 1.91. The summed E-state index contributed by atoms with van der Waals surface area (Å²) in [6.45, 7) is 5.01. The maximum atomic E-state index is 11.5. The van der Waals surface area contributed by atoms with Crippen LogP contribution in [0.5, 0.6) is 5.75 Å². The number of rotatable bonds is 6. The molecule has 0 amide bonds. The van der Waals surface area contributed by atoms with Crippen LogP contribution in [0.4, 0.5) is 0 Å². The number of aliphatic imine (C=N–C) groups is 1. The first-order valence-corrected chi connectivity index (χ1v) is 10.3. The van der Waals surface area contributed by atoms with E-state index in [-0.39, 0.29) is 23.7 Å². The third-order valence-electron chi connectivity index (χ3n) is 3.59. The van der Waals surface area contributed by atoms with Crippen molar-refractivity contribution in [1.82, 2.24) is 10.6 Å². The summed E-state index contributed by atoms with van der Waals surface area (Å²) in [4.78, 5) is 4.48. The van der Waals surface area contributed by atoms with Crippen molar-refractivity contribution in [3.05, 3.63) is 29.3 Å². The summed E-state index contributed by atoms with van der Waals surface area (Å²) in [6.07, 6.45) is 0.450. The van der Waals surface area contributed by atoms with Gasteiger partial charge in [0.1, 0.15) is 11.9 Å². The molecule has 1 aliphatic rings. The number of nitrogens with one attached hydrogen (secondary N) is 2. The average molecular weight is 374 g/mol. The van der Waals surface area contributed by atoms with Crippen LogP contribution < -0.4 is 15.4 Å². The molecule has 1 aromatic carbocycles. The highest BCUT2D eigenvalue weighted by molar-refractivity contribution is 7.91. The van der Waals surface area contributed by atoms with Crippen LogP contribution in [-0.4, -0.2) is 51.1 Å². The zero-order chi connectivity index (χ0) is 17.6. The molecule has 0 bridgehead atoms. The lowest BCUT2D eigenvalue weighted by molar-refractivity contribution is 0.230. The predicted octanol–water partition coefficient (Wildman–Crippen LogP) is 1.85. The molecule has 6 nitrogen and oxygen atoms in total. The first-order valence-electron chi connectivity index (χ1n) is 8.06. The monoisotopic (exact) mass is 373 g/mol. The number of nitrogens with zero attached hydrogens (tertiary/aromatic N) is 1. The second-order valence-corrected chi connectivity index (χ2v) is 8.46. The van der Waals surface area contributed by atoms with Crippen LogP contribution in [0, 0.1) is 0 Å². The lowest BCUT2D eigenvalue weighted by Crippen LogP contribution is -2.44. The zero-order valence-electron chi connectivity index (χ0n) is 14.0. The van der Waals surface area contributed by atoms with Crippen LogP contribution in [0.15, 0.2) is 29.3 Å². The van der Waals surface area contributed by atoms with Crippen molar-refractivity contribution in [1.29, 1.82) is 0 Å². The molecule has 1 heterocycles. The van der Waals surface area contributed by atoms with Crippen LogP contribution in [0.1, 0.15) is 20.3 Å². The van der Waals surface area contributed by atoms with E-state index >= 15 is 0 Å². The van der Waals surface area contributed by atoms with Gasteiger partial charge in [0.05, 0.1) is 23.1 Å². The highest BCUT2D eigenvalue weighted by Gasteiger charge is 2.28. The SMILES string of the molecule is CCNC(=NCC(C)Oc1ccccc1Cl)NC1CCS(=O)(=O)C1. The first-order chi connectivity index (χ1) is 11.4. The fourth-order valence-electron chi connectivity index (χ4n) is 2.44. The fourth-order valence-corrected chi connectivity index (χ4v) is 4.29. The number of ether oxygens (including phenoxy) is 1. The van der Waals surface area contributed by atoms with Gasteiger partial charge in [0.15, 0.2) is 15.8 Å². The molecule has 24 heavy (non-hydrogen) atoms. The third kappa shape index (κ3) is 5.87. The smallest absolute Gasteiger partial charge is 0.191 e. The molecule has 0 saturated carbocycles. The van der Waals surface area contributed by atoms with Gasteiger partial charge in [-0.05, 0) is 32.4 Å². The molecule has 0 aliphatic carbocycles. The molecule has 2 unspecified atom stereocenters. The van der Waals surface area contributed by atoms with Crippen LogP contribution in [0.25, 0.3) is 0 Å². The van der Waals surface area contributed by atoms with Crippen molar-refractivity contribution >= 4 is 27.4 Å². The molecule has 1 saturated heterocycles. The number of sulfone groups is 1. The van der Waals surface area contributed by atoms with Gasteiger partial charge in [0, 0.05) is 12.6 Å².